The van der Waals surface area contributed by atoms with Crippen LogP contribution in [0.3, 0.4) is 0 Å². The van der Waals surface area contributed by atoms with Crippen molar-refractivity contribution in [2.45, 2.75) is 19.4 Å². The maximum Gasteiger partial charge on any atom is 0.137 e. The summed E-state index contributed by atoms with van der Waals surface area (Å²) in [5.41, 5.74) is 2.07. The molecule has 0 radical (unpaired) electrons. The van der Waals surface area contributed by atoms with E-state index in [4.69, 9.17) is 0 Å². The van der Waals surface area contributed by atoms with Gasteiger partial charge in [0.25, 0.3) is 0 Å². The first-order valence-corrected chi connectivity index (χ1v) is 6.65. The molecule has 0 bridgehead atoms. The molecule has 0 heterocycles. The maximum absolute atomic E-state index is 13.4. The second-order valence-electron chi connectivity index (χ2n) is 4.43. The minimum absolute atomic E-state index is 0.242. The van der Waals surface area contributed by atoms with Gasteiger partial charge in [0, 0.05) is 6.42 Å². The van der Waals surface area contributed by atoms with Gasteiger partial charge in [0.15, 0.2) is 0 Å². The van der Waals surface area contributed by atoms with Gasteiger partial charge in [-0.1, -0.05) is 18.2 Å². The lowest BCUT2D eigenvalue weighted by Crippen LogP contribution is -2.05. The number of halogens is 3. The highest BCUT2D eigenvalue weighted by atomic mass is 79.9. The van der Waals surface area contributed by atoms with Crippen molar-refractivity contribution in [3.05, 3.63) is 69.2 Å². The number of aliphatic hydroxyl groups excluding tert-OH is 1. The van der Waals surface area contributed by atoms with E-state index < -0.39 is 11.9 Å². The van der Waals surface area contributed by atoms with E-state index in [0.29, 0.717) is 11.1 Å². The van der Waals surface area contributed by atoms with Crippen molar-refractivity contribution in [3.63, 3.8) is 0 Å². The largest absolute Gasteiger partial charge is 0.388 e. The van der Waals surface area contributed by atoms with Crippen LogP contribution in [0.4, 0.5) is 8.78 Å². The van der Waals surface area contributed by atoms with Crippen LogP contribution >= 0.6 is 15.9 Å². The lowest BCUT2D eigenvalue weighted by atomic mass is 9.98. The van der Waals surface area contributed by atoms with Crippen molar-refractivity contribution in [1.82, 2.24) is 0 Å². The summed E-state index contributed by atoms with van der Waals surface area (Å²) in [5, 5.41) is 10.2. The molecule has 1 nitrogen and oxygen atoms in total. The van der Waals surface area contributed by atoms with E-state index in [1.165, 1.54) is 24.3 Å². The minimum Gasteiger partial charge on any atom is -0.388 e. The van der Waals surface area contributed by atoms with E-state index in [0.717, 1.165) is 5.56 Å². The first kappa shape index (κ1) is 14.2. The molecule has 1 atom stereocenters. The van der Waals surface area contributed by atoms with E-state index in [9.17, 15) is 13.9 Å². The quantitative estimate of drug-likeness (QED) is 0.891. The van der Waals surface area contributed by atoms with Crippen LogP contribution in [-0.2, 0) is 6.42 Å². The molecule has 0 fully saturated rings. The molecule has 2 aromatic rings. The van der Waals surface area contributed by atoms with E-state index in [2.05, 4.69) is 15.9 Å². The SMILES string of the molecule is Cc1ccc(F)cc1CC(O)c1cccc(F)c1Br. The predicted molar refractivity (Wildman–Crippen MR) is 73.9 cm³/mol. The lowest BCUT2D eigenvalue weighted by Gasteiger charge is -2.15. The van der Waals surface area contributed by atoms with Crippen LogP contribution in [0, 0.1) is 18.6 Å². The van der Waals surface area contributed by atoms with Crippen LogP contribution in [0.25, 0.3) is 0 Å². The fourth-order valence-electron chi connectivity index (χ4n) is 1.96. The summed E-state index contributed by atoms with van der Waals surface area (Å²) >= 11 is 3.12. The topological polar surface area (TPSA) is 20.2 Å². The van der Waals surface area contributed by atoms with Gasteiger partial charge in [-0.05, 0) is 57.7 Å². The van der Waals surface area contributed by atoms with Gasteiger partial charge in [-0.15, -0.1) is 0 Å². The van der Waals surface area contributed by atoms with Gasteiger partial charge in [-0.2, -0.15) is 0 Å². The zero-order chi connectivity index (χ0) is 14.0. The Bertz CT molecular complexity index is 599. The van der Waals surface area contributed by atoms with Crippen molar-refractivity contribution < 1.29 is 13.9 Å². The molecule has 0 aromatic heterocycles. The number of hydrogen-bond acceptors (Lipinski definition) is 1. The molecular formula is C15H13BrF2O. The van der Waals surface area contributed by atoms with Gasteiger partial charge in [0.1, 0.15) is 11.6 Å². The Morgan fingerprint density at radius 2 is 1.95 bits per heavy atom. The average Bonchev–Trinajstić information content (AvgIpc) is 2.37. The lowest BCUT2D eigenvalue weighted by molar-refractivity contribution is 0.177. The number of benzene rings is 2. The van der Waals surface area contributed by atoms with Crippen LogP contribution in [0.15, 0.2) is 40.9 Å². The Hall–Kier alpha value is -1.26. The fourth-order valence-corrected chi connectivity index (χ4v) is 2.48. The highest BCUT2D eigenvalue weighted by Crippen LogP contribution is 2.29. The first-order chi connectivity index (χ1) is 8.99. The maximum atomic E-state index is 13.4. The van der Waals surface area contributed by atoms with Gasteiger partial charge in [-0.25, -0.2) is 8.78 Å². The van der Waals surface area contributed by atoms with Crippen molar-refractivity contribution in [3.8, 4) is 0 Å². The third kappa shape index (κ3) is 3.19. The number of aryl methyl sites for hydroxylation is 1. The molecule has 0 saturated heterocycles. The molecule has 19 heavy (non-hydrogen) atoms. The molecule has 0 aliphatic carbocycles. The zero-order valence-corrected chi connectivity index (χ0v) is 11.9. The minimum atomic E-state index is -0.884. The number of rotatable bonds is 3. The Kier molecular flexibility index (Phi) is 4.32. The molecule has 0 spiro atoms. The molecule has 100 valence electrons. The van der Waals surface area contributed by atoms with Gasteiger partial charge in [0.05, 0.1) is 10.6 Å². The second kappa shape index (κ2) is 5.80. The summed E-state index contributed by atoms with van der Waals surface area (Å²) in [5.74, 6) is -0.765. The molecule has 1 N–H and O–H groups in total. The van der Waals surface area contributed by atoms with Crippen LogP contribution < -0.4 is 0 Å². The molecule has 2 aromatic carbocycles. The molecule has 0 amide bonds. The summed E-state index contributed by atoms with van der Waals surface area (Å²) < 4.78 is 26.8. The molecule has 0 aliphatic rings. The summed E-state index contributed by atoms with van der Waals surface area (Å²) in [4.78, 5) is 0. The third-order valence-electron chi connectivity index (χ3n) is 3.06. The highest BCUT2D eigenvalue weighted by Gasteiger charge is 2.15. The van der Waals surface area contributed by atoms with Crippen molar-refractivity contribution in [2.24, 2.45) is 0 Å². The molecule has 4 heteroatoms. The number of aliphatic hydroxyl groups is 1. The van der Waals surface area contributed by atoms with E-state index >= 15 is 0 Å². The van der Waals surface area contributed by atoms with Crippen molar-refractivity contribution in [1.29, 1.82) is 0 Å². The predicted octanol–water partition coefficient (Wildman–Crippen LogP) is 4.31. The first-order valence-electron chi connectivity index (χ1n) is 5.86. The van der Waals surface area contributed by atoms with Crippen molar-refractivity contribution >= 4 is 15.9 Å². The molecule has 0 saturated carbocycles. The Morgan fingerprint density at radius 3 is 2.68 bits per heavy atom. The Balaban J connectivity index is 2.28. The summed E-state index contributed by atoms with van der Waals surface area (Å²) in [6.07, 6.45) is -0.642. The third-order valence-corrected chi connectivity index (χ3v) is 3.90. The normalized spacial score (nSPS) is 12.5. The number of hydrogen-bond donors (Lipinski definition) is 1. The van der Waals surface area contributed by atoms with E-state index in [1.807, 2.05) is 6.92 Å². The van der Waals surface area contributed by atoms with Crippen molar-refractivity contribution in [2.75, 3.05) is 0 Å². The second-order valence-corrected chi connectivity index (χ2v) is 5.23. The van der Waals surface area contributed by atoms with Gasteiger partial charge < -0.3 is 5.11 Å². The average molecular weight is 327 g/mol. The van der Waals surface area contributed by atoms with Gasteiger partial charge in [0.2, 0.25) is 0 Å². The molecule has 1 unspecified atom stereocenters. The molecule has 2 rings (SSSR count). The van der Waals surface area contributed by atoms with Gasteiger partial charge in [-0.3, -0.25) is 0 Å². The summed E-state index contributed by atoms with van der Waals surface area (Å²) in [7, 11) is 0. The standard InChI is InChI=1S/C15H13BrF2O/c1-9-5-6-11(17)7-10(9)8-14(19)12-3-2-4-13(18)15(12)16/h2-7,14,19H,8H2,1H3. The summed E-state index contributed by atoms with van der Waals surface area (Å²) in [6, 6.07) is 8.93. The van der Waals surface area contributed by atoms with E-state index in [1.54, 1.807) is 12.1 Å². The van der Waals surface area contributed by atoms with E-state index in [-0.39, 0.29) is 16.7 Å². The van der Waals surface area contributed by atoms with Gasteiger partial charge >= 0.3 is 0 Å². The zero-order valence-electron chi connectivity index (χ0n) is 10.3. The highest BCUT2D eigenvalue weighted by molar-refractivity contribution is 9.10. The Labute approximate surface area is 119 Å². The smallest absolute Gasteiger partial charge is 0.137 e. The van der Waals surface area contributed by atoms with Crippen LogP contribution in [0.1, 0.15) is 22.8 Å². The van der Waals surface area contributed by atoms with Crippen LogP contribution in [0.5, 0.6) is 0 Å². The molecule has 0 aliphatic heterocycles. The fraction of sp³-hybridized carbons (Fsp3) is 0.200. The summed E-state index contributed by atoms with van der Waals surface area (Å²) in [6.45, 7) is 1.85. The van der Waals surface area contributed by atoms with Crippen LogP contribution in [-0.4, -0.2) is 5.11 Å². The monoisotopic (exact) mass is 326 g/mol. The Morgan fingerprint density at radius 1 is 1.21 bits per heavy atom. The van der Waals surface area contributed by atoms with Crippen LogP contribution in [0.2, 0.25) is 0 Å². The molecular weight excluding hydrogens is 314 g/mol.